The largest absolute Gasteiger partial charge is 0.503 e. The fraction of sp³-hybridized carbons (Fsp3) is 0.889. The van der Waals surface area contributed by atoms with Crippen molar-refractivity contribution in [3.8, 4) is 12.1 Å². The topological polar surface area (TPSA) is 128 Å². The molecule has 0 aliphatic rings. The fourth-order valence-corrected chi connectivity index (χ4v) is 8.30. The van der Waals surface area contributed by atoms with Crippen LogP contribution in [0.3, 0.4) is 0 Å². The first-order chi connectivity index (χ1) is 13.9. The molecule has 0 radical (unpaired) electrons. The molecule has 10 nitrogen and oxygen atoms in total. The molecule has 0 amide bonds. The second-order valence-corrected chi connectivity index (χ2v) is 14.4. The van der Waals surface area contributed by atoms with Crippen LogP contribution in [0.4, 0.5) is 0 Å². The Bertz CT molecular complexity index is 577. The van der Waals surface area contributed by atoms with E-state index in [9.17, 15) is 10.5 Å². The molecule has 0 aromatic carbocycles. The molecule has 4 unspecified atom stereocenters. The summed E-state index contributed by atoms with van der Waals surface area (Å²) in [4.78, 5) is 0. The van der Waals surface area contributed by atoms with Crippen molar-refractivity contribution >= 4 is 17.6 Å². The minimum Gasteiger partial charge on any atom is -0.377 e. The van der Waals surface area contributed by atoms with Gasteiger partial charge in [-0.15, -0.1) is 0 Å². The molecular weight excluding hydrogens is 424 g/mol. The van der Waals surface area contributed by atoms with Crippen molar-refractivity contribution < 1.29 is 26.6 Å². The average molecular weight is 461 g/mol. The molecule has 0 heterocycles. The third-order valence-electron chi connectivity index (χ3n) is 5.29. The van der Waals surface area contributed by atoms with Gasteiger partial charge in [0, 0.05) is 53.7 Å². The molecule has 0 bridgehead atoms. The number of nitrogens with zero attached hydrogens (tertiary/aromatic N) is 4. The summed E-state index contributed by atoms with van der Waals surface area (Å²) in [6.45, 7) is 7.09. The fourth-order valence-electron chi connectivity index (χ4n) is 3.59. The van der Waals surface area contributed by atoms with Gasteiger partial charge in [0.05, 0.1) is 12.1 Å². The molecule has 0 fully saturated rings. The Morgan fingerprint density at radius 1 is 0.667 bits per heavy atom. The zero-order valence-corrected chi connectivity index (χ0v) is 21.8. The number of nitriles is 2. The Balaban J connectivity index is 5.69. The summed E-state index contributed by atoms with van der Waals surface area (Å²) in [7, 11) is 3.21. The summed E-state index contributed by atoms with van der Waals surface area (Å²) < 4.78 is 33.0. The van der Waals surface area contributed by atoms with Crippen LogP contribution in [-0.2, 0) is 26.6 Å². The van der Waals surface area contributed by atoms with Crippen LogP contribution in [0.15, 0.2) is 10.2 Å². The quantitative estimate of drug-likeness (QED) is 0.285. The molecule has 0 aliphatic carbocycles. The van der Waals surface area contributed by atoms with Crippen LogP contribution in [0, 0.1) is 22.7 Å². The van der Waals surface area contributed by atoms with Crippen LogP contribution in [0.25, 0.3) is 0 Å². The summed E-state index contributed by atoms with van der Waals surface area (Å²) >= 11 is 0. The van der Waals surface area contributed by atoms with E-state index in [0.29, 0.717) is 12.8 Å². The molecule has 0 N–H and O–H groups in total. The minimum absolute atomic E-state index is 0.219. The maximum atomic E-state index is 9.77. The molecule has 172 valence electrons. The van der Waals surface area contributed by atoms with E-state index in [1.54, 1.807) is 13.8 Å². The lowest BCUT2D eigenvalue weighted by molar-refractivity contribution is 0.108. The molecule has 30 heavy (non-hydrogen) atoms. The van der Waals surface area contributed by atoms with Crippen molar-refractivity contribution in [1.29, 1.82) is 10.5 Å². The number of azo groups is 1. The van der Waals surface area contributed by atoms with Gasteiger partial charge in [-0.2, -0.15) is 20.8 Å². The van der Waals surface area contributed by atoms with Gasteiger partial charge in [-0.05, 0) is 26.7 Å². The Hall–Kier alpha value is -1.23. The molecular formula is C18H36N4O6Si2. The van der Waals surface area contributed by atoms with E-state index in [0.717, 1.165) is 0 Å². The van der Waals surface area contributed by atoms with Crippen molar-refractivity contribution in [2.45, 2.75) is 62.7 Å². The van der Waals surface area contributed by atoms with Crippen LogP contribution in [0.2, 0.25) is 11.1 Å². The summed E-state index contributed by atoms with van der Waals surface area (Å²) in [6, 6.07) is 4.38. The van der Waals surface area contributed by atoms with Gasteiger partial charge in [-0.3, -0.25) is 0 Å². The minimum atomic E-state index is -2.96. The first-order valence-electron chi connectivity index (χ1n) is 9.52. The molecule has 0 saturated carbocycles. The Labute approximate surface area is 182 Å². The maximum Gasteiger partial charge on any atom is 0.503 e. The van der Waals surface area contributed by atoms with E-state index >= 15 is 0 Å². The van der Waals surface area contributed by atoms with Gasteiger partial charge in [-0.25, -0.2) is 0 Å². The average Bonchev–Trinajstić information content (AvgIpc) is 2.75. The standard InChI is InChI=1S/C18H36N4O6Si2/c1-15(29(23-5,24-6)25-7)11-17(3,13-19)21-22-18(4,14-20)12-16(2)30(26-8,27-9)28-10/h15-16H,11-12H2,1-10H3. The lowest BCUT2D eigenvalue weighted by atomic mass is 9.98. The van der Waals surface area contributed by atoms with Crippen molar-refractivity contribution in [3.63, 3.8) is 0 Å². The van der Waals surface area contributed by atoms with Crippen LogP contribution in [0.5, 0.6) is 0 Å². The van der Waals surface area contributed by atoms with E-state index in [4.69, 9.17) is 26.6 Å². The summed E-state index contributed by atoms with van der Waals surface area (Å²) in [5.74, 6) is 0. The normalized spacial score (nSPS) is 18.8. The highest BCUT2D eigenvalue weighted by molar-refractivity contribution is 6.62. The highest BCUT2D eigenvalue weighted by atomic mass is 28.4. The third kappa shape index (κ3) is 6.64. The summed E-state index contributed by atoms with van der Waals surface area (Å²) in [5, 5.41) is 28.1. The second-order valence-electron chi connectivity index (χ2n) is 7.61. The van der Waals surface area contributed by atoms with E-state index in [1.807, 2.05) is 13.8 Å². The highest BCUT2D eigenvalue weighted by Crippen LogP contribution is 2.36. The van der Waals surface area contributed by atoms with Gasteiger partial charge in [-0.1, -0.05) is 13.8 Å². The van der Waals surface area contributed by atoms with Gasteiger partial charge in [0.2, 0.25) is 0 Å². The molecule has 12 heteroatoms. The summed E-state index contributed by atoms with van der Waals surface area (Å²) in [5.41, 5.74) is -2.81. The van der Waals surface area contributed by atoms with E-state index in [-0.39, 0.29) is 11.1 Å². The van der Waals surface area contributed by atoms with Gasteiger partial charge in [0.1, 0.15) is 0 Å². The van der Waals surface area contributed by atoms with Gasteiger partial charge in [0.15, 0.2) is 11.1 Å². The Kier molecular flexibility index (Phi) is 11.5. The maximum absolute atomic E-state index is 9.77. The Morgan fingerprint density at radius 2 is 0.900 bits per heavy atom. The van der Waals surface area contributed by atoms with Gasteiger partial charge >= 0.3 is 17.6 Å². The molecule has 4 atom stereocenters. The Morgan fingerprint density at radius 3 is 1.07 bits per heavy atom. The lowest BCUT2D eigenvalue weighted by Gasteiger charge is -2.33. The number of hydrogen-bond acceptors (Lipinski definition) is 10. The molecule has 0 rings (SSSR count). The van der Waals surface area contributed by atoms with Gasteiger partial charge < -0.3 is 26.6 Å². The highest BCUT2D eigenvalue weighted by Gasteiger charge is 2.49. The SMILES string of the molecule is CO[Si](OC)(OC)C(C)CC(C)(C#N)N=NC(C)(C#N)CC(C)[Si](OC)(OC)OC. The number of rotatable bonds is 14. The van der Waals surface area contributed by atoms with Crippen molar-refractivity contribution in [1.82, 2.24) is 0 Å². The predicted octanol–water partition coefficient (Wildman–Crippen LogP) is 3.32. The zero-order chi connectivity index (χ0) is 23.6. The van der Waals surface area contributed by atoms with E-state index in [2.05, 4.69) is 22.4 Å². The van der Waals surface area contributed by atoms with Crippen LogP contribution in [-0.4, -0.2) is 71.3 Å². The third-order valence-corrected chi connectivity index (χ3v) is 11.5. The predicted molar refractivity (Wildman–Crippen MR) is 115 cm³/mol. The zero-order valence-electron chi connectivity index (χ0n) is 19.8. The lowest BCUT2D eigenvalue weighted by Crippen LogP contribution is -2.48. The molecule has 0 aromatic heterocycles. The van der Waals surface area contributed by atoms with E-state index in [1.165, 1.54) is 42.7 Å². The molecule has 0 aliphatic heterocycles. The van der Waals surface area contributed by atoms with Crippen molar-refractivity contribution in [2.24, 2.45) is 10.2 Å². The van der Waals surface area contributed by atoms with Crippen molar-refractivity contribution in [3.05, 3.63) is 0 Å². The van der Waals surface area contributed by atoms with Gasteiger partial charge in [0.25, 0.3) is 0 Å². The van der Waals surface area contributed by atoms with Crippen LogP contribution < -0.4 is 0 Å². The van der Waals surface area contributed by atoms with E-state index < -0.39 is 28.7 Å². The monoisotopic (exact) mass is 460 g/mol. The molecule has 0 saturated heterocycles. The van der Waals surface area contributed by atoms with Crippen LogP contribution >= 0.6 is 0 Å². The summed E-state index contributed by atoms with van der Waals surface area (Å²) in [6.07, 6.45) is 0.581. The first kappa shape index (κ1) is 28.8. The first-order valence-corrected chi connectivity index (χ1v) is 13.1. The van der Waals surface area contributed by atoms with Crippen LogP contribution in [0.1, 0.15) is 40.5 Å². The second kappa shape index (κ2) is 12.0. The van der Waals surface area contributed by atoms with Crippen molar-refractivity contribution in [2.75, 3.05) is 42.7 Å². The number of hydrogen-bond donors (Lipinski definition) is 0. The molecule has 0 aromatic rings. The molecule has 0 spiro atoms. The smallest absolute Gasteiger partial charge is 0.377 e.